The Hall–Kier alpha value is -2.60. The van der Waals surface area contributed by atoms with Gasteiger partial charge >= 0.3 is 6.03 Å². The maximum atomic E-state index is 12.2. The molecule has 154 valence electrons. The number of carbonyl (C=O) groups excluding carboxylic acids is 1. The van der Waals surface area contributed by atoms with Crippen LogP contribution in [-0.4, -0.2) is 42.9 Å². The minimum absolute atomic E-state index is 0.119. The third-order valence-corrected chi connectivity index (χ3v) is 5.83. The molecule has 2 fully saturated rings. The highest BCUT2D eigenvalue weighted by molar-refractivity contribution is 5.74. The van der Waals surface area contributed by atoms with Crippen LogP contribution in [0.4, 0.5) is 10.6 Å². The molecule has 1 saturated heterocycles. The van der Waals surface area contributed by atoms with E-state index in [0.717, 1.165) is 37.3 Å². The molecule has 2 amide bonds. The second-order valence-corrected chi connectivity index (χ2v) is 8.37. The van der Waals surface area contributed by atoms with Crippen LogP contribution < -0.4 is 15.5 Å². The molecular weight excluding hydrogens is 364 g/mol. The summed E-state index contributed by atoms with van der Waals surface area (Å²) in [6.45, 7) is 7.01. The van der Waals surface area contributed by atoms with Crippen molar-refractivity contribution in [2.24, 2.45) is 0 Å². The van der Waals surface area contributed by atoms with Crippen LogP contribution >= 0.6 is 0 Å². The SMILES string of the molecule is CC1CN(c2ccc(CNC(=O)NCC3(c4ccccc4)CC3)cn2)CC(C)O1. The number of amides is 2. The summed E-state index contributed by atoms with van der Waals surface area (Å²) in [6, 6.07) is 14.4. The van der Waals surface area contributed by atoms with E-state index in [4.69, 9.17) is 4.74 Å². The minimum atomic E-state index is -0.132. The number of benzene rings is 1. The molecule has 2 atom stereocenters. The highest BCUT2D eigenvalue weighted by Gasteiger charge is 2.44. The summed E-state index contributed by atoms with van der Waals surface area (Å²) < 4.78 is 5.78. The van der Waals surface area contributed by atoms with Crippen LogP contribution in [0.5, 0.6) is 0 Å². The summed E-state index contributed by atoms with van der Waals surface area (Å²) in [4.78, 5) is 19.1. The predicted octanol–water partition coefficient (Wildman–Crippen LogP) is 3.23. The zero-order valence-electron chi connectivity index (χ0n) is 17.2. The van der Waals surface area contributed by atoms with Gasteiger partial charge in [-0.15, -0.1) is 0 Å². The number of morpholine rings is 1. The second-order valence-electron chi connectivity index (χ2n) is 8.37. The zero-order chi connectivity index (χ0) is 20.3. The molecule has 1 aliphatic carbocycles. The van der Waals surface area contributed by atoms with Crippen LogP contribution in [0.1, 0.15) is 37.8 Å². The maximum absolute atomic E-state index is 12.2. The van der Waals surface area contributed by atoms with E-state index in [0.29, 0.717) is 13.1 Å². The number of ether oxygens (including phenoxy) is 1. The average Bonchev–Trinajstić information content (AvgIpc) is 3.52. The molecule has 0 radical (unpaired) electrons. The summed E-state index contributed by atoms with van der Waals surface area (Å²) in [5.41, 5.74) is 2.42. The molecule has 1 saturated carbocycles. The number of rotatable bonds is 6. The van der Waals surface area contributed by atoms with Crippen molar-refractivity contribution in [1.82, 2.24) is 15.6 Å². The maximum Gasteiger partial charge on any atom is 0.315 e. The molecule has 0 spiro atoms. The first-order valence-electron chi connectivity index (χ1n) is 10.5. The van der Waals surface area contributed by atoms with E-state index in [-0.39, 0.29) is 23.7 Å². The third-order valence-electron chi connectivity index (χ3n) is 5.83. The standard InChI is InChI=1S/C23H30N4O2/c1-17-14-27(15-18(2)29-17)21-9-8-19(12-24-21)13-25-22(28)26-16-23(10-11-23)20-6-4-3-5-7-20/h3-9,12,17-18H,10-11,13-16H2,1-2H3,(H2,25,26,28). The fourth-order valence-corrected chi connectivity index (χ4v) is 4.08. The number of nitrogens with one attached hydrogen (secondary N) is 2. The van der Waals surface area contributed by atoms with E-state index in [9.17, 15) is 4.79 Å². The molecule has 4 rings (SSSR count). The normalized spacial score (nSPS) is 22.8. The zero-order valence-corrected chi connectivity index (χ0v) is 17.2. The predicted molar refractivity (Wildman–Crippen MR) is 114 cm³/mol. The first kappa shape index (κ1) is 19.7. The molecule has 2 heterocycles. The van der Waals surface area contributed by atoms with E-state index in [2.05, 4.69) is 58.6 Å². The Morgan fingerprint density at radius 2 is 1.83 bits per heavy atom. The van der Waals surface area contributed by atoms with E-state index in [1.807, 2.05) is 24.4 Å². The molecule has 0 bridgehead atoms. The van der Waals surface area contributed by atoms with Crippen LogP contribution in [0.15, 0.2) is 48.7 Å². The lowest BCUT2D eigenvalue weighted by Gasteiger charge is -2.36. The monoisotopic (exact) mass is 394 g/mol. The molecule has 2 N–H and O–H groups in total. The van der Waals surface area contributed by atoms with Crippen molar-refractivity contribution in [3.8, 4) is 0 Å². The summed E-state index contributed by atoms with van der Waals surface area (Å²) in [7, 11) is 0. The molecular formula is C23H30N4O2. The number of hydrogen-bond acceptors (Lipinski definition) is 4. The van der Waals surface area contributed by atoms with Gasteiger partial charge in [-0.2, -0.15) is 0 Å². The summed E-state index contributed by atoms with van der Waals surface area (Å²) >= 11 is 0. The van der Waals surface area contributed by atoms with Gasteiger partial charge in [-0.05, 0) is 43.9 Å². The smallest absolute Gasteiger partial charge is 0.315 e. The van der Waals surface area contributed by atoms with E-state index in [1.54, 1.807) is 0 Å². The van der Waals surface area contributed by atoms with Crippen molar-refractivity contribution in [1.29, 1.82) is 0 Å². The third kappa shape index (κ3) is 4.88. The molecule has 2 aromatic rings. The Labute approximate surface area is 172 Å². The van der Waals surface area contributed by atoms with Gasteiger partial charge in [0.2, 0.25) is 0 Å². The van der Waals surface area contributed by atoms with Gasteiger partial charge in [0.25, 0.3) is 0 Å². The van der Waals surface area contributed by atoms with Crippen LogP contribution in [0, 0.1) is 0 Å². The summed E-state index contributed by atoms with van der Waals surface area (Å²) in [5.74, 6) is 0.957. The number of nitrogens with zero attached hydrogens (tertiary/aromatic N) is 2. The van der Waals surface area contributed by atoms with Gasteiger partial charge < -0.3 is 20.3 Å². The van der Waals surface area contributed by atoms with Gasteiger partial charge in [0.05, 0.1) is 12.2 Å². The lowest BCUT2D eigenvalue weighted by atomic mass is 9.96. The first-order chi connectivity index (χ1) is 14.0. The van der Waals surface area contributed by atoms with Gasteiger partial charge in [0.1, 0.15) is 5.82 Å². The lowest BCUT2D eigenvalue weighted by molar-refractivity contribution is -0.00546. The van der Waals surface area contributed by atoms with Gasteiger partial charge in [-0.3, -0.25) is 0 Å². The fraction of sp³-hybridized carbons (Fsp3) is 0.478. The Bertz CT molecular complexity index is 811. The largest absolute Gasteiger partial charge is 0.372 e. The number of anilines is 1. The Morgan fingerprint density at radius 3 is 2.45 bits per heavy atom. The van der Waals surface area contributed by atoms with Crippen molar-refractivity contribution >= 4 is 11.8 Å². The van der Waals surface area contributed by atoms with Crippen molar-refractivity contribution in [3.63, 3.8) is 0 Å². The van der Waals surface area contributed by atoms with Gasteiger partial charge in [0, 0.05) is 37.8 Å². The van der Waals surface area contributed by atoms with Crippen molar-refractivity contribution in [2.75, 3.05) is 24.5 Å². The summed E-state index contributed by atoms with van der Waals surface area (Å²) in [5, 5.41) is 5.97. The van der Waals surface area contributed by atoms with Gasteiger partial charge in [-0.1, -0.05) is 36.4 Å². The molecule has 2 unspecified atom stereocenters. The molecule has 6 heteroatoms. The van der Waals surface area contributed by atoms with Gasteiger partial charge in [-0.25, -0.2) is 9.78 Å². The molecule has 1 aromatic carbocycles. The Kier molecular flexibility index (Phi) is 5.72. The van der Waals surface area contributed by atoms with E-state index < -0.39 is 0 Å². The van der Waals surface area contributed by atoms with Crippen molar-refractivity contribution < 1.29 is 9.53 Å². The highest BCUT2D eigenvalue weighted by atomic mass is 16.5. The number of urea groups is 1. The van der Waals surface area contributed by atoms with Crippen molar-refractivity contribution in [3.05, 3.63) is 59.8 Å². The fourth-order valence-electron chi connectivity index (χ4n) is 4.08. The van der Waals surface area contributed by atoms with E-state index >= 15 is 0 Å². The van der Waals surface area contributed by atoms with Gasteiger partial charge in [0.15, 0.2) is 0 Å². The summed E-state index contributed by atoms with van der Waals surface area (Å²) in [6.07, 6.45) is 4.50. The number of carbonyl (C=O) groups is 1. The quantitative estimate of drug-likeness (QED) is 0.789. The average molecular weight is 395 g/mol. The number of pyridine rings is 1. The number of hydrogen-bond donors (Lipinski definition) is 2. The molecule has 1 aliphatic heterocycles. The highest BCUT2D eigenvalue weighted by Crippen LogP contribution is 2.47. The van der Waals surface area contributed by atoms with Crippen LogP contribution in [-0.2, 0) is 16.7 Å². The minimum Gasteiger partial charge on any atom is -0.372 e. The molecule has 1 aromatic heterocycles. The lowest BCUT2D eigenvalue weighted by Crippen LogP contribution is -2.45. The van der Waals surface area contributed by atoms with E-state index in [1.165, 1.54) is 5.56 Å². The topological polar surface area (TPSA) is 66.5 Å². The second kappa shape index (κ2) is 8.41. The van der Waals surface area contributed by atoms with Crippen LogP contribution in [0.25, 0.3) is 0 Å². The molecule has 29 heavy (non-hydrogen) atoms. The Balaban J connectivity index is 1.24. The van der Waals surface area contributed by atoms with Crippen LogP contribution in [0.2, 0.25) is 0 Å². The van der Waals surface area contributed by atoms with Crippen molar-refractivity contribution in [2.45, 2.75) is 50.9 Å². The molecule has 6 nitrogen and oxygen atoms in total. The molecule has 2 aliphatic rings. The Morgan fingerprint density at radius 1 is 1.10 bits per heavy atom. The van der Waals surface area contributed by atoms with Crippen LogP contribution in [0.3, 0.4) is 0 Å². The first-order valence-corrected chi connectivity index (χ1v) is 10.5. The number of aromatic nitrogens is 1.